The quantitative estimate of drug-likeness (QED) is 0.170. The largest absolute Gasteiger partial charge is 0.343 e. The number of fused-ring (bicyclic) bond motifs is 8. The van der Waals surface area contributed by atoms with E-state index >= 15 is 0 Å². The van der Waals surface area contributed by atoms with Crippen molar-refractivity contribution in [2.75, 3.05) is 0 Å². The van der Waals surface area contributed by atoms with Gasteiger partial charge in [-0.2, -0.15) is 0 Å². The van der Waals surface area contributed by atoms with Crippen molar-refractivity contribution in [3.63, 3.8) is 0 Å². The number of nitrogens with zero attached hydrogens (tertiary/aromatic N) is 8. The van der Waals surface area contributed by atoms with Crippen molar-refractivity contribution >= 4 is 46.4 Å². The van der Waals surface area contributed by atoms with Crippen LogP contribution in [0.5, 0.6) is 0 Å². The fourth-order valence-corrected chi connectivity index (χ4v) is 7.09. The van der Waals surface area contributed by atoms with Gasteiger partial charge >= 0.3 is 0 Å². The van der Waals surface area contributed by atoms with E-state index in [-0.39, 0.29) is 19.5 Å². The molecule has 0 saturated heterocycles. The summed E-state index contributed by atoms with van der Waals surface area (Å²) in [5.74, 6) is 0. The molecule has 0 atom stereocenters. The summed E-state index contributed by atoms with van der Waals surface area (Å²) < 4.78 is 4.48. The van der Waals surface area contributed by atoms with Crippen LogP contribution < -0.4 is 0 Å². The Hall–Kier alpha value is -6.18. The van der Waals surface area contributed by atoms with Gasteiger partial charge in [0.05, 0.1) is 44.8 Å². The topological polar surface area (TPSA) is 87.2 Å². The molecule has 0 fully saturated rings. The Bertz CT molecular complexity index is 2290. The van der Waals surface area contributed by atoms with Crippen molar-refractivity contribution in [3.05, 3.63) is 145 Å². The fourth-order valence-electron chi connectivity index (χ4n) is 7.09. The summed E-state index contributed by atoms with van der Waals surface area (Å²) in [4.78, 5) is 28.1. The fraction of sp³-hybridized carbons (Fsp3) is 0.0476. The first-order valence-corrected chi connectivity index (χ1v) is 16.4. The summed E-state index contributed by atoms with van der Waals surface area (Å²) in [6, 6.07) is 25.0. The van der Waals surface area contributed by atoms with Crippen molar-refractivity contribution in [1.29, 1.82) is 0 Å². The van der Waals surface area contributed by atoms with E-state index in [1.165, 1.54) is 0 Å². The van der Waals surface area contributed by atoms with Gasteiger partial charge in [-0.15, -0.1) is 0 Å². The van der Waals surface area contributed by atoms with E-state index in [1.807, 2.05) is 98.1 Å². The van der Waals surface area contributed by atoms with Gasteiger partial charge in [-0.3, -0.25) is 19.9 Å². The molecule has 0 spiro atoms. The second-order valence-electron chi connectivity index (χ2n) is 12.2. The monoisotopic (exact) mass is 710 g/mol. The zero-order valence-corrected chi connectivity index (χ0v) is 31.1. The van der Waals surface area contributed by atoms with Gasteiger partial charge in [-0.25, -0.2) is 9.97 Å². The van der Waals surface area contributed by atoms with Crippen molar-refractivity contribution in [3.8, 4) is 44.5 Å². The van der Waals surface area contributed by atoms with Gasteiger partial charge in [0.15, 0.2) is 0 Å². The van der Waals surface area contributed by atoms with Gasteiger partial charge in [0.25, 0.3) is 0 Å². The molecule has 7 aromatic heterocycles. The molecule has 0 radical (unpaired) electrons. The minimum atomic E-state index is 0. The van der Waals surface area contributed by atoms with Crippen molar-refractivity contribution in [2.24, 2.45) is 14.1 Å². The molecular weight excluding hydrogens is 682 g/mol. The molecule has 2 aliphatic rings. The number of hydrogen-bond donors (Lipinski definition) is 0. The third kappa shape index (κ3) is 5.52. The Morgan fingerprint density at radius 1 is 0.333 bits per heavy atom. The van der Waals surface area contributed by atoms with E-state index in [0.29, 0.717) is 0 Å². The van der Waals surface area contributed by atoms with Crippen molar-refractivity contribution in [1.82, 2.24) is 39.0 Å². The van der Waals surface area contributed by atoms with Crippen LogP contribution in [0.2, 0.25) is 0 Å². The van der Waals surface area contributed by atoms with Gasteiger partial charge in [0, 0.05) is 105 Å². The number of hydrogen-bond acceptors (Lipinski definition) is 6. The maximum Gasteiger partial charge on any atom is 0.0737 e. The van der Waals surface area contributed by atoms with E-state index in [1.54, 1.807) is 0 Å². The smallest absolute Gasteiger partial charge is 0.0737 e. The molecule has 0 aromatic carbocycles. The van der Waals surface area contributed by atoms with Crippen LogP contribution in [0.25, 0.3) is 90.9 Å². The molecule has 7 aromatic rings. The second kappa shape index (κ2) is 13.3. The van der Waals surface area contributed by atoms with Gasteiger partial charge < -0.3 is 9.13 Å². The van der Waals surface area contributed by atoms with Crippen LogP contribution in [0, 0.1) is 0 Å². The van der Waals surface area contributed by atoms with Gasteiger partial charge in [-0.05, 0) is 119 Å². The molecule has 9 heteroatoms. The first-order valence-electron chi connectivity index (χ1n) is 16.4. The maximum atomic E-state index is 5.39. The van der Waals surface area contributed by atoms with E-state index in [4.69, 9.17) is 9.97 Å². The van der Waals surface area contributed by atoms with E-state index in [9.17, 15) is 0 Å². The number of rotatable bonds is 4. The maximum absolute atomic E-state index is 5.39. The summed E-state index contributed by atoms with van der Waals surface area (Å²) in [6.07, 6.45) is 23.1. The van der Waals surface area contributed by atoms with Crippen LogP contribution in [0.3, 0.4) is 0 Å². The standard InChI is InChI=1S/C42H30N8.Zn/c1-49-35-7-8-36(49)40(28-13-21-44-22-14-28)32-4-6-34(48-32)42(30-17-25-46-26-18-30)38-10-9-37(50(38)2)41(29-15-23-45-24-16-29)33-5-3-31(47-33)39(35)27-11-19-43-20-12-27;/h3-26H,1-2H3;. The van der Waals surface area contributed by atoms with Crippen LogP contribution >= 0.6 is 0 Å². The first kappa shape index (κ1) is 32.1. The molecule has 0 saturated carbocycles. The average molecular weight is 712 g/mol. The summed E-state index contributed by atoms with van der Waals surface area (Å²) in [6.45, 7) is 0. The molecule has 240 valence electrons. The van der Waals surface area contributed by atoms with Crippen LogP contribution in [0.1, 0.15) is 22.8 Å². The zero-order valence-electron chi connectivity index (χ0n) is 28.1. The minimum Gasteiger partial charge on any atom is -0.343 e. The third-order valence-corrected chi connectivity index (χ3v) is 9.45. The Morgan fingerprint density at radius 3 is 0.765 bits per heavy atom. The van der Waals surface area contributed by atoms with Gasteiger partial charge in [0.2, 0.25) is 0 Å². The summed E-state index contributed by atoms with van der Waals surface area (Å²) in [7, 11) is 4.22. The molecule has 0 unspecified atom stereocenters. The van der Waals surface area contributed by atoms with Crippen LogP contribution in [0.4, 0.5) is 0 Å². The number of pyridine rings is 4. The molecule has 2 aliphatic heterocycles. The number of aryl methyl sites for hydroxylation is 2. The summed E-state index contributed by atoms with van der Waals surface area (Å²) in [5.41, 5.74) is 15.8. The van der Waals surface area contributed by atoms with E-state index in [0.717, 1.165) is 89.4 Å². The summed E-state index contributed by atoms with van der Waals surface area (Å²) in [5, 5.41) is 0. The van der Waals surface area contributed by atoms with Gasteiger partial charge in [-0.1, -0.05) is 0 Å². The SMILES string of the molecule is Cn1c2ccc1c(-c1ccncc1)c1nc(c(-c3ccncc3)c3ccc(c(-c4ccncc4)c4nc(c2-c2ccncc2)C=C4)n3C)C=C1.[Zn]. The number of aromatic nitrogens is 8. The molecule has 51 heavy (non-hydrogen) atoms. The molecule has 8 bridgehead atoms. The van der Waals surface area contributed by atoms with Gasteiger partial charge in [0.1, 0.15) is 0 Å². The average Bonchev–Trinajstić information content (AvgIpc) is 3.98. The Morgan fingerprint density at radius 2 is 0.549 bits per heavy atom. The Labute approximate surface area is 307 Å². The van der Waals surface area contributed by atoms with Crippen LogP contribution in [-0.2, 0) is 33.6 Å². The molecule has 0 amide bonds. The van der Waals surface area contributed by atoms with Crippen molar-refractivity contribution in [2.45, 2.75) is 0 Å². The Kier molecular flexibility index (Phi) is 8.34. The molecule has 9 heterocycles. The predicted octanol–water partition coefficient (Wildman–Crippen LogP) is 8.92. The second-order valence-corrected chi connectivity index (χ2v) is 12.2. The first-order chi connectivity index (χ1) is 24.7. The molecular formula is C42H30N8Zn. The molecule has 0 N–H and O–H groups in total. The molecule has 9 rings (SSSR count). The zero-order chi connectivity index (χ0) is 33.6. The summed E-state index contributed by atoms with van der Waals surface area (Å²) >= 11 is 0. The Balaban J connectivity index is 0.00000374. The predicted molar refractivity (Wildman–Crippen MR) is 201 cm³/mol. The van der Waals surface area contributed by atoms with E-state index in [2.05, 4.69) is 91.7 Å². The van der Waals surface area contributed by atoms with Crippen molar-refractivity contribution < 1.29 is 19.5 Å². The van der Waals surface area contributed by atoms with E-state index < -0.39 is 0 Å². The van der Waals surface area contributed by atoms with Crippen LogP contribution in [0.15, 0.2) is 122 Å². The third-order valence-electron chi connectivity index (χ3n) is 9.45. The molecule has 0 aliphatic carbocycles. The normalized spacial score (nSPS) is 11.8. The minimum absolute atomic E-state index is 0. The van der Waals surface area contributed by atoms with Crippen LogP contribution in [-0.4, -0.2) is 39.0 Å². The molecule has 8 nitrogen and oxygen atoms in total.